The molecule has 0 N–H and O–H groups in total. The van der Waals surface area contributed by atoms with Crippen molar-refractivity contribution >= 4 is 25.5 Å². The van der Waals surface area contributed by atoms with E-state index >= 15 is 0 Å². The first-order valence-corrected chi connectivity index (χ1v) is 5.22. The summed E-state index contributed by atoms with van der Waals surface area (Å²) in [6.07, 6.45) is 3.83. The fourth-order valence-electron chi connectivity index (χ4n) is 0.759. The van der Waals surface area contributed by atoms with E-state index in [0.29, 0.717) is 0 Å². The second-order valence-corrected chi connectivity index (χ2v) is 4.91. The summed E-state index contributed by atoms with van der Waals surface area (Å²) in [4.78, 5) is 1.36. The van der Waals surface area contributed by atoms with Crippen LogP contribution in [0.3, 0.4) is 0 Å². The highest BCUT2D eigenvalue weighted by atomic mass is 33.1. The molecule has 0 fully saturated rings. The van der Waals surface area contributed by atoms with E-state index < -0.39 is 0 Å². The summed E-state index contributed by atoms with van der Waals surface area (Å²) in [6.45, 7) is 2.12. The largest absolute Gasteiger partial charge is 0.430 e. The van der Waals surface area contributed by atoms with Gasteiger partial charge in [-0.2, -0.15) is 0 Å². The monoisotopic (exact) mass is 158 g/mol. The third kappa shape index (κ3) is 0.756. The topological polar surface area (TPSA) is 9.23 Å². The summed E-state index contributed by atoms with van der Waals surface area (Å²) < 4.78 is 5.27. The van der Waals surface area contributed by atoms with Crippen LogP contribution in [0.25, 0.3) is 0 Å². The number of allylic oxidation sites excluding steroid dienone is 2. The van der Waals surface area contributed by atoms with Crippen molar-refractivity contribution in [3.8, 4) is 0 Å². The molecule has 0 radical (unpaired) electrons. The van der Waals surface area contributed by atoms with Gasteiger partial charge in [0.25, 0.3) is 0 Å². The molecule has 0 saturated carbocycles. The Bertz CT molecular complexity index is 237. The van der Waals surface area contributed by atoms with Gasteiger partial charge in [-0.15, -0.1) is 0 Å². The SMILES string of the molecule is CC1=CSS2=C1C=CO2. The molecule has 0 aromatic heterocycles. The molecule has 0 saturated heterocycles. The predicted octanol–water partition coefficient (Wildman–Crippen LogP) is 2.45. The lowest BCUT2D eigenvalue weighted by molar-refractivity contribution is 0.578. The number of hydrogen-bond donors (Lipinski definition) is 0. The van der Waals surface area contributed by atoms with Gasteiger partial charge in [-0.05, 0) is 34.8 Å². The minimum Gasteiger partial charge on any atom is -0.430 e. The molecular weight excluding hydrogens is 152 g/mol. The molecule has 0 aromatic rings. The number of hydrogen-bond acceptors (Lipinski definition) is 2. The normalized spacial score (nSPS) is 30.1. The van der Waals surface area contributed by atoms with Crippen molar-refractivity contribution in [1.82, 2.24) is 0 Å². The van der Waals surface area contributed by atoms with Crippen LogP contribution in [0, 0.1) is 0 Å². The van der Waals surface area contributed by atoms with Gasteiger partial charge in [0.15, 0.2) is 0 Å². The average Bonchev–Trinajstić information content (AvgIpc) is 2.35. The van der Waals surface area contributed by atoms with Gasteiger partial charge in [-0.25, -0.2) is 0 Å². The summed E-state index contributed by atoms with van der Waals surface area (Å²) in [5.41, 5.74) is 1.36. The molecule has 2 heterocycles. The molecule has 2 aliphatic heterocycles. The molecule has 1 nitrogen and oxygen atoms in total. The van der Waals surface area contributed by atoms with Crippen LogP contribution < -0.4 is 0 Å². The third-order valence-electron chi connectivity index (χ3n) is 1.24. The maximum Gasteiger partial charge on any atom is 0.103 e. The van der Waals surface area contributed by atoms with E-state index in [-0.39, 0.29) is 9.80 Å². The van der Waals surface area contributed by atoms with Crippen LogP contribution in [0.4, 0.5) is 0 Å². The molecule has 2 rings (SSSR count). The molecule has 9 heavy (non-hydrogen) atoms. The smallest absolute Gasteiger partial charge is 0.103 e. The van der Waals surface area contributed by atoms with E-state index in [1.165, 1.54) is 10.4 Å². The summed E-state index contributed by atoms with van der Waals surface area (Å²) in [5, 5.41) is 2.15. The molecule has 0 aromatic carbocycles. The number of rotatable bonds is 0. The lowest BCUT2D eigenvalue weighted by Gasteiger charge is -1.93. The summed E-state index contributed by atoms with van der Waals surface area (Å²) in [7, 11) is 1.80. The molecule has 0 bridgehead atoms. The minimum atomic E-state index is 0.0316. The highest BCUT2D eigenvalue weighted by Crippen LogP contribution is 2.45. The van der Waals surface area contributed by atoms with Crippen molar-refractivity contribution < 1.29 is 4.18 Å². The lowest BCUT2D eigenvalue weighted by Crippen LogP contribution is -1.85. The molecule has 48 valence electrons. The first-order chi connectivity index (χ1) is 4.38. The van der Waals surface area contributed by atoms with Gasteiger partial charge in [0.1, 0.15) is 6.26 Å². The standard InChI is InChI=1S/C6H6OS2/c1-5-4-8-9-6(5)2-3-7-9/h2-4H,1H3. The zero-order valence-corrected chi connectivity index (χ0v) is 6.59. The van der Waals surface area contributed by atoms with Crippen LogP contribution in [0.2, 0.25) is 0 Å². The van der Waals surface area contributed by atoms with E-state index in [1.807, 2.05) is 0 Å². The second-order valence-electron chi connectivity index (χ2n) is 1.90. The fourth-order valence-corrected chi connectivity index (χ4v) is 3.93. The Morgan fingerprint density at radius 3 is 3.33 bits per heavy atom. The first-order valence-electron chi connectivity index (χ1n) is 2.67. The molecule has 0 aliphatic carbocycles. The van der Waals surface area contributed by atoms with Crippen molar-refractivity contribution in [2.45, 2.75) is 6.92 Å². The Hall–Kier alpha value is -0.150. The maximum atomic E-state index is 5.27. The van der Waals surface area contributed by atoms with Crippen molar-refractivity contribution in [3.63, 3.8) is 0 Å². The highest BCUT2D eigenvalue weighted by molar-refractivity contribution is 8.83. The van der Waals surface area contributed by atoms with Gasteiger partial charge in [-0.1, -0.05) is 0 Å². The Kier molecular flexibility index (Phi) is 1.20. The third-order valence-corrected chi connectivity index (χ3v) is 4.56. The summed E-state index contributed by atoms with van der Waals surface area (Å²) in [5.74, 6) is 0. The van der Waals surface area contributed by atoms with Crippen LogP contribution >= 0.6 is 20.6 Å². The van der Waals surface area contributed by atoms with E-state index in [1.54, 1.807) is 17.1 Å². The van der Waals surface area contributed by atoms with Gasteiger partial charge >= 0.3 is 0 Å². The van der Waals surface area contributed by atoms with Crippen molar-refractivity contribution in [2.75, 3.05) is 0 Å². The summed E-state index contributed by atoms with van der Waals surface area (Å²) >= 11 is 0. The van der Waals surface area contributed by atoms with Gasteiger partial charge in [-0.3, -0.25) is 0 Å². The van der Waals surface area contributed by atoms with E-state index in [4.69, 9.17) is 4.18 Å². The van der Waals surface area contributed by atoms with Crippen molar-refractivity contribution in [2.24, 2.45) is 0 Å². The van der Waals surface area contributed by atoms with Gasteiger partial charge < -0.3 is 4.18 Å². The Labute approximate surface area is 60.3 Å². The molecule has 3 heteroatoms. The van der Waals surface area contributed by atoms with Crippen LogP contribution in [-0.2, 0) is 4.18 Å². The van der Waals surface area contributed by atoms with E-state index in [2.05, 4.69) is 18.4 Å². The van der Waals surface area contributed by atoms with Crippen LogP contribution in [0.5, 0.6) is 0 Å². The fraction of sp³-hybridized carbons (Fsp3) is 0.167. The quantitative estimate of drug-likeness (QED) is 0.395. The second kappa shape index (κ2) is 1.92. The Morgan fingerprint density at radius 2 is 2.56 bits per heavy atom. The maximum absolute atomic E-state index is 5.27. The van der Waals surface area contributed by atoms with Crippen molar-refractivity contribution in [1.29, 1.82) is 0 Å². The van der Waals surface area contributed by atoms with E-state index in [9.17, 15) is 0 Å². The molecule has 1 unspecified atom stereocenters. The van der Waals surface area contributed by atoms with Gasteiger partial charge in [0, 0.05) is 0 Å². The van der Waals surface area contributed by atoms with E-state index in [0.717, 1.165) is 0 Å². The van der Waals surface area contributed by atoms with Gasteiger partial charge in [0.05, 0.1) is 14.7 Å². The minimum absolute atomic E-state index is 0.0316. The average molecular weight is 158 g/mol. The molecule has 2 aliphatic rings. The lowest BCUT2D eigenvalue weighted by atomic mass is 10.2. The predicted molar refractivity (Wildman–Crippen MR) is 44.2 cm³/mol. The Balaban J connectivity index is 2.44. The Morgan fingerprint density at radius 1 is 1.67 bits per heavy atom. The van der Waals surface area contributed by atoms with Crippen LogP contribution in [0.15, 0.2) is 23.3 Å². The van der Waals surface area contributed by atoms with Crippen LogP contribution in [-0.4, -0.2) is 4.86 Å². The van der Waals surface area contributed by atoms with Gasteiger partial charge in [0.2, 0.25) is 0 Å². The molecular formula is C6H6OS2. The first kappa shape index (κ1) is 5.62. The molecule has 1 atom stereocenters. The zero-order valence-electron chi connectivity index (χ0n) is 4.96. The highest BCUT2D eigenvalue weighted by Gasteiger charge is 2.16. The van der Waals surface area contributed by atoms with Crippen molar-refractivity contribution in [3.05, 3.63) is 23.3 Å². The zero-order chi connectivity index (χ0) is 6.27. The summed E-state index contributed by atoms with van der Waals surface area (Å²) in [6, 6.07) is 0. The molecule has 0 spiro atoms. The molecule has 0 amide bonds. The van der Waals surface area contributed by atoms with Crippen LogP contribution in [0.1, 0.15) is 6.92 Å².